The molecule has 122 valence electrons. The summed E-state index contributed by atoms with van der Waals surface area (Å²) in [7, 11) is 1.76. The molecule has 1 aromatic carbocycles. The van der Waals surface area contributed by atoms with Gasteiger partial charge in [0.1, 0.15) is 0 Å². The number of methoxy groups -OCH3 is 1. The highest BCUT2D eigenvalue weighted by Gasteiger charge is 2.23. The number of carbonyl (C=O) groups is 1. The molecule has 1 amide bonds. The molecule has 1 saturated carbocycles. The molecule has 3 rings (SSSR count). The number of nitrogens with zero attached hydrogens (tertiary/aromatic N) is 1. The predicted octanol–water partition coefficient (Wildman–Crippen LogP) is 3.54. The van der Waals surface area contributed by atoms with Gasteiger partial charge in [-0.1, -0.05) is 18.2 Å². The minimum Gasteiger partial charge on any atom is -0.381 e. The summed E-state index contributed by atoms with van der Waals surface area (Å²) in [6, 6.07) is 8.25. The quantitative estimate of drug-likeness (QED) is 0.943. The number of aromatic nitrogens is 1. The van der Waals surface area contributed by atoms with Crippen molar-refractivity contribution in [1.82, 2.24) is 10.3 Å². The summed E-state index contributed by atoms with van der Waals surface area (Å²) in [6.45, 7) is 3.95. The van der Waals surface area contributed by atoms with Gasteiger partial charge in [-0.25, -0.2) is 0 Å². The lowest BCUT2D eigenvalue weighted by molar-refractivity contribution is 0.0599. The number of aryl methyl sites for hydroxylation is 2. The van der Waals surface area contributed by atoms with Crippen LogP contribution >= 0.6 is 0 Å². The Hall–Kier alpha value is -1.94. The van der Waals surface area contributed by atoms with Crippen LogP contribution in [0.5, 0.6) is 0 Å². The first kappa shape index (κ1) is 15.9. The molecule has 23 heavy (non-hydrogen) atoms. The molecule has 0 spiro atoms. The number of hydrogen-bond donors (Lipinski definition) is 1. The molecular formula is C19H24N2O2. The SMILES string of the molecule is COC1CCC(NC(=O)c2cc3cccc(C)c3nc2C)CC1. The molecule has 1 heterocycles. The summed E-state index contributed by atoms with van der Waals surface area (Å²) >= 11 is 0. The monoisotopic (exact) mass is 312 g/mol. The highest BCUT2D eigenvalue weighted by Crippen LogP contribution is 2.23. The Morgan fingerprint density at radius 1 is 1.22 bits per heavy atom. The van der Waals surface area contributed by atoms with Crippen LogP contribution in [-0.4, -0.2) is 30.1 Å². The highest BCUT2D eigenvalue weighted by molar-refractivity contribution is 5.99. The van der Waals surface area contributed by atoms with Crippen molar-refractivity contribution in [3.05, 3.63) is 41.1 Å². The maximum absolute atomic E-state index is 12.6. The van der Waals surface area contributed by atoms with E-state index in [1.54, 1.807) is 7.11 Å². The molecule has 1 N–H and O–H groups in total. The van der Waals surface area contributed by atoms with Gasteiger partial charge in [0.05, 0.1) is 22.9 Å². The summed E-state index contributed by atoms with van der Waals surface area (Å²) in [5.41, 5.74) is 3.57. The molecule has 0 unspecified atom stereocenters. The molecular weight excluding hydrogens is 288 g/mol. The Morgan fingerprint density at radius 2 is 1.96 bits per heavy atom. The third-order valence-electron chi connectivity index (χ3n) is 4.83. The second-order valence-corrected chi connectivity index (χ2v) is 6.45. The van der Waals surface area contributed by atoms with E-state index in [0.717, 1.165) is 47.8 Å². The molecule has 1 aliphatic rings. The highest BCUT2D eigenvalue weighted by atomic mass is 16.5. The minimum absolute atomic E-state index is 0.0146. The van der Waals surface area contributed by atoms with Crippen molar-refractivity contribution in [3.8, 4) is 0 Å². The fraction of sp³-hybridized carbons (Fsp3) is 0.474. The molecule has 0 saturated heterocycles. The molecule has 1 aliphatic carbocycles. The zero-order chi connectivity index (χ0) is 16.4. The molecule has 4 heteroatoms. The number of para-hydroxylation sites is 1. The third-order valence-corrected chi connectivity index (χ3v) is 4.83. The van der Waals surface area contributed by atoms with Crippen molar-refractivity contribution in [3.63, 3.8) is 0 Å². The Morgan fingerprint density at radius 3 is 2.65 bits per heavy atom. The first-order chi connectivity index (χ1) is 11.1. The van der Waals surface area contributed by atoms with Crippen molar-refractivity contribution in [2.24, 2.45) is 0 Å². The van der Waals surface area contributed by atoms with E-state index in [2.05, 4.69) is 10.3 Å². The number of amides is 1. The van der Waals surface area contributed by atoms with E-state index < -0.39 is 0 Å². The Labute approximate surface area is 137 Å². The van der Waals surface area contributed by atoms with Gasteiger partial charge >= 0.3 is 0 Å². The van der Waals surface area contributed by atoms with E-state index in [1.807, 2.05) is 38.1 Å². The first-order valence-electron chi connectivity index (χ1n) is 8.29. The van der Waals surface area contributed by atoms with Crippen LogP contribution in [0.3, 0.4) is 0 Å². The zero-order valence-electron chi connectivity index (χ0n) is 14.1. The molecule has 0 atom stereocenters. The molecule has 4 nitrogen and oxygen atoms in total. The van der Waals surface area contributed by atoms with Crippen LogP contribution in [0.4, 0.5) is 0 Å². The number of pyridine rings is 1. The molecule has 1 fully saturated rings. The molecule has 2 aromatic rings. The van der Waals surface area contributed by atoms with E-state index in [4.69, 9.17) is 4.74 Å². The van der Waals surface area contributed by atoms with Crippen LogP contribution in [0.15, 0.2) is 24.3 Å². The van der Waals surface area contributed by atoms with Crippen LogP contribution in [0, 0.1) is 13.8 Å². The van der Waals surface area contributed by atoms with E-state index >= 15 is 0 Å². The van der Waals surface area contributed by atoms with Crippen LogP contribution in [0.1, 0.15) is 47.3 Å². The lowest BCUT2D eigenvalue weighted by Gasteiger charge is -2.28. The van der Waals surface area contributed by atoms with E-state index in [1.165, 1.54) is 0 Å². The van der Waals surface area contributed by atoms with E-state index in [9.17, 15) is 4.79 Å². The number of rotatable bonds is 3. The van der Waals surface area contributed by atoms with Gasteiger partial charge in [0.2, 0.25) is 0 Å². The zero-order valence-corrected chi connectivity index (χ0v) is 14.1. The molecule has 0 aliphatic heterocycles. The largest absolute Gasteiger partial charge is 0.381 e. The average molecular weight is 312 g/mol. The summed E-state index contributed by atoms with van der Waals surface area (Å²) in [6.07, 6.45) is 4.31. The van der Waals surface area contributed by atoms with Gasteiger partial charge in [-0.05, 0) is 51.2 Å². The van der Waals surface area contributed by atoms with E-state index in [-0.39, 0.29) is 11.9 Å². The Kier molecular flexibility index (Phi) is 4.62. The molecule has 1 aromatic heterocycles. The normalized spacial score (nSPS) is 21.3. The average Bonchev–Trinajstić information content (AvgIpc) is 2.56. The number of ether oxygens (including phenoxy) is 1. The number of carbonyl (C=O) groups excluding carboxylic acids is 1. The summed E-state index contributed by atoms with van der Waals surface area (Å²) in [4.78, 5) is 17.3. The lowest BCUT2D eigenvalue weighted by atomic mass is 9.92. The van der Waals surface area contributed by atoms with Gasteiger partial charge in [-0.15, -0.1) is 0 Å². The van der Waals surface area contributed by atoms with Gasteiger partial charge in [0.25, 0.3) is 5.91 Å². The standard InChI is InChI=1S/C19H24N2O2/c1-12-5-4-6-14-11-17(13(2)20-18(12)14)19(22)21-15-7-9-16(23-3)10-8-15/h4-6,11,15-16H,7-10H2,1-3H3,(H,21,22). The van der Waals surface area contributed by atoms with Crippen molar-refractivity contribution >= 4 is 16.8 Å². The minimum atomic E-state index is -0.0146. The summed E-state index contributed by atoms with van der Waals surface area (Å²) in [5, 5.41) is 4.18. The van der Waals surface area contributed by atoms with Crippen LogP contribution in [0.25, 0.3) is 10.9 Å². The van der Waals surface area contributed by atoms with Crippen molar-refractivity contribution in [2.75, 3.05) is 7.11 Å². The number of nitrogens with one attached hydrogen (secondary N) is 1. The Balaban J connectivity index is 1.77. The molecule has 0 bridgehead atoms. The van der Waals surface area contributed by atoms with Crippen molar-refractivity contribution in [2.45, 2.75) is 51.7 Å². The van der Waals surface area contributed by atoms with Crippen LogP contribution in [0.2, 0.25) is 0 Å². The second-order valence-electron chi connectivity index (χ2n) is 6.45. The van der Waals surface area contributed by atoms with Crippen LogP contribution < -0.4 is 5.32 Å². The predicted molar refractivity (Wildman–Crippen MR) is 91.7 cm³/mol. The molecule has 0 radical (unpaired) electrons. The summed E-state index contributed by atoms with van der Waals surface area (Å²) in [5.74, 6) is -0.0146. The van der Waals surface area contributed by atoms with Crippen molar-refractivity contribution < 1.29 is 9.53 Å². The van der Waals surface area contributed by atoms with Gasteiger partial charge in [-0.2, -0.15) is 0 Å². The van der Waals surface area contributed by atoms with E-state index in [0.29, 0.717) is 11.7 Å². The first-order valence-corrected chi connectivity index (χ1v) is 8.29. The number of fused-ring (bicyclic) bond motifs is 1. The fourth-order valence-corrected chi connectivity index (χ4v) is 3.37. The maximum atomic E-state index is 12.6. The smallest absolute Gasteiger partial charge is 0.253 e. The van der Waals surface area contributed by atoms with Gasteiger partial charge in [0, 0.05) is 18.5 Å². The van der Waals surface area contributed by atoms with Crippen LogP contribution in [-0.2, 0) is 4.74 Å². The maximum Gasteiger partial charge on any atom is 0.253 e. The van der Waals surface area contributed by atoms with Gasteiger partial charge < -0.3 is 10.1 Å². The van der Waals surface area contributed by atoms with Crippen molar-refractivity contribution in [1.29, 1.82) is 0 Å². The number of hydrogen-bond acceptors (Lipinski definition) is 3. The number of benzene rings is 1. The Bertz CT molecular complexity index is 719. The fourth-order valence-electron chi connectivity index (χ4n) is 3.37. The third kappa shape index (κ3) is 3.37. The summed E-state index contributed by atoms with van der Waals surface area (Å²) < 4.78 is 5.38. The van der Waals surface area contributed by atoms with Gasteiger partial charge in [-0.3, -0.25) is 9.78 Å². The second kappa shape index (κ2) is 6.67. The topological polar surface area (TPSA) is 51.2 Å². The van der Waals surface area contributed by atoms with Gasteiger partial charge in [0.15, 0.2) is 0 Å². The lowest BCUT2D eigenvalue weighted by Crippen LogP contribution is -2.39.